The van der Waals surface area contributed by atoms with E-state index in [9.17, 15) is 9.59 Å². The molecule has 1 saturated heterocycles. The molecule has 0 bridgehead atoms. The average Bonchev–Trinajstić information content (AvgIpc) is 2.67. The minimum absolute atomic E-state index is 0.309. The van der Waals surface area contributed by atoms with Crippen LogP contribution in [0, 0.1) is 5.92 Å². The van der Waals surface area contributed by atoms with Crippen molar-refractivity contribution < 1.29 is 14.3 Å². The number of hydrogen-bond donors (Lipinski definition) is 1. The summed E-state index contributed by atoms with van der Waals surface area (Å²) in [5.74, 6) is -0.661. The van der Waals surface area contributed by atoms with Crippen LogP contribution in [0.5, 0.6) is 0 Å². The molecule has 1 aliphatic rings. The number of urea groups is 1. The van der Waals surface area contributed by atoms with E-state index in [1.165, 1.54) is 4.90 Å². The Labute approximate surface area is 146 Å². The Morgan fingerprint density at radius 2 is 1.80 bits per heavy atom. The van der Waals surface area contributed by atoms with E-state index in [4.69, 9.17) is 10.5 Å². The van der Waals surface area contributed by atoms with Gasteiger partial charge in [0.15, 0.2) is 6.10 Å². The molecule has 6 heteroatoms. The van der Waals surface area contributed by atoms with Crippen LogP contribution in [-0.4, -0.2) is 35.0 Å². The predicted molar refractivity (Wildman–Crippen MR) is 92.5 cm³/mol. The number of esters is 1. The second kappa shape index (κ2) is 7.79. The summed E-state index contributed by atoms with van der Waals surface area (Å²) in [6.07, 6.45) is 4.29. The number of rotatable bonds is 4. The maximum atomic E-state index is 12.7. The van der Waals surface area contributed by atoms with E-state index in [0.29, 0.717) is 19.5 Å². The molecule has 0 saturated carbocycles. The zero-order chi connectivity index (χ0) is 17.6. The van der Waals surface area contributed by atoms with Crippen molar-refractivity contribution in [1.82, 2.24) is 9.88 Å². The zero-order valence-electron chi connectivity index (χ0n) is 13.9. The van der Waals surface area contributed by atoms with Crippen molar-refractivity contribution in [2.75, 3.05) is 13.1 Å². The first-order valence-corrected chi connectivity index (χ1v) is 8.35. The molecule has 6 nitrogen and oxygen atoms in total. The maximum absolute atomic E-state index is 12.7. The molecule has 2 amide bonds. The number of nitrogens with zero attached hydrogens (tertiary/aromatic N) is 2. The first kappa shape index (κ1) is 17.0. The lowest BCUT2D eigenvalue weighted by Crippen LogP contribution is -2.45. The fourth-order valence-electron chi connectivity index (χ4n) is 3.08. The number of primary amides is 1. The summed E-state index contributed by atoms with van der Waals surface area (Å²) in [7, 11) is 0. The fraction of sp³-hybridized carbons (Fsp3) is 0.316. The number of aromatic nitrogens is 1. The lowest BCUT2D eigenvalue weighted by molar-refractivity contribution is -0.154. The van der Waals surface area contributed by atoms with Crippen molar-refractivity contribution in [2.45, 2.75) is 18.9 Å². The number of hydrogen-bond acceptors (Lipinski definition) is 4. The predicted octanol–water partition coefficient (Wildman–Crippen LogP) is 2.50. The van der Waals surface area contributed by atoms with Crippen LogP contribution in [0.3, 0.4) is 0 Å². The summed E-state index contributed by atoms with van der Waals surface area (Å²) in [5.41, 5.74) is 7.09. The standard InChI is InChI=1S/C19H21N3O3/c20-19(24)22-12-4-7-16(13-22)18(23)25-17(14-5-2-1-3-6-14)15-8-10-21-11-9-15/h1-3,5-6,8-11,16-17H,4,7,12-13H2,(H2,20,24). The van der Waals surface area contributed by atoms with Crippen molar-refractivity contribution in [3.8, 4) is 0 Å². The molecular weight excluding hydrogens is 318 g/mol. The lowest BCUT2D eigenvalue weighted by Gasteiger charge is -2.31. The van der Waals surface area contributed by atoms with E-state index in [1.54, 1.807) is 12.4 Å². The average molecular weight is 339 g/mol. The number of amides is 2. The van der Waals surface area contributed by atoms with Crippen molar-refractivity contribution in [2.24, 2.45) is 11.7 Å². The van der Waals surface area contributed by atoms with E-state index < -0.39 is 12.1 Å². The van der Waals surface area contributed by atoms with Crippen LogP contribution in [0.25, 0.3) is 0 Å². The van der Waals surface area contributed by atoms with Gasteiger partial charge in [0.2, 0.25) is 0 Å². The summed E-state index contributed by atoms with van der Waals surface area (Å²) < 4.78 is 5.84. The van der Waals surface area contributed by atoms with Gasteiger partial charge in [-0.3, -0.25) is 9.78 Å². The van der Waals surface area contributed by atoms with E-state index in [-0.39, 0.29) is 11.9 Å². The first-order valence-electron chi connectivity index (χ1n) is 8.35. The van der Waals surface area contributed by atoms with Gasteiger partial charge in [-0.25, -0.2) is 4.79 Å². The third kappa shape index (κ3) is 4.15. The van der Waals surface area contributed by atoms with Gasteiger partial charge in [0.25, 0.3) is 0 Å². The molecule has 3 rings (SSSR count). The number of nitrogens with two attached hydrogens (primary N) is 1. The monoisotopic (exact) mass is 339 g/mol. The van der Waals surface area contributed by atoms with Gasteiger partial charge in [-0.1, -0.05) is 30.3 Å². The smallest absolute Gasteiger partial charge is 0.314 e. The highest BCUT2D eigenvalue weighted by Crippen LogP contribution is 2.28. The highest BCUT2D eigenvalue weighted by Gasteiger charge is 2.31. The molecule has 2 heterocycles. The van der Waals surface area contributed by atoms with E-state index in [2.05, 4.69) is 4.98 Å². The SMILES string of the molecule is NC(=O)N1CCCC(C(=O)OC(c2ccccc2)c2ccncc2)C1. The number of carbonyl (C=O) groups is 2. The Balaban J connectivity index is 1.78. The third-order valence-electron chi connectivity index (χ3n) is 4.41. The molecule has 1 aliphatic heterocycles. The highest BCUT2D eigenvalue weighted by atomic mass is 16.5. The Hall–Kier alpha value is -2.89. The minimum atomic E-state index is -0.499. The highest BCUT2D eigenvalue weighted by molar-refractivity contribution is 5.76. The maximum Gasteiger partial charge on any atom is 0.314 e. The number of ether oxygens (including phenoxy) is 1. The summed E-state index contributed by atoms with van der Waals surface area (Å²) in [4.78, 5) is 29.6. The van der Waals surface area contributed by atoms with Crippen LogP contribution in [0.1, 0.15) is 30.1 Å². The molecule has 0 radical (unpaired) electrons. The summed E-state index contributed by atoms with van der Waals surface area (Å²) >= 11 is 0. The number of piperidine rings is 1. The van der Waals surface area contributed by atoms with Crippen molar-refractivity contribution in [3.63, 3.8) is 0 Å². The van der Waals surface area contributed by atoms with Gasteiger partial charge in [-0.2, -0.15) is 0 Å². The molecule has 0 aliphatic carbocycles. The second-order valence-corrected chi connectivity index (χ2v) is 6.13. The number of benzene rings is 1. The Bertz CT molecular complexity index is 682. The van der Waals surface area contributed by atoms with Gasteiger partial charge in [0.1, 0.15) is 0 Å². The molecular formula is C19H21N3O3. The van der Waals surface area contributed by atoms with Crippen molar-refractivity contribution >= 4 is 12.0 Å². The van der Waals surface area contributed by atoms with Crippen molar-refractivity contribution in [1.29, 1.82) is 0 Å². The second-order valence-electron chi connectivity index (χ2n) is 6.13. The summed E-state index contributed by atoms with van der Waals surface area (Å²) in [5, 5.41) is 0. The van der Waals surface area contributed by atoms with Gasteiger partial charge in [0.05, 0.1) is 5.92 Å². The van der Waals surface area contributed by atoms with Crippen molar-refractivity contribution in [3.05, 3.63) is 66.0 Å². The van der Waals surface area contributed by atoms with Crippen LogP contribution in [0.4, 0.5) is 4.79 Å². The van der Waals surface area contributed by atoms with Crippen LogP contribution in [-0.2, 0) is 9.53 Å². The first-order chi connectivity index (χ1) is 12.1. The van der Waals surface area contributed by atoms with E-state index in [1.807, 2.05) is 42.5 Å². The lowest BCUT2D eigenvalue weighted by atomic mass is 9.97. The molecule has 2 unspecified atom stereocenters. The molecule has 2 N–H and O–H groups in total. The van der Waals surface area contributed by atoms with E-state index >= 15 is 0 Å². The number of likely N-dealkylation sites (tertiary alicyclic amines) is 1. The minimum Gasteiger partial charge on any atom is -0.452 e. The van der Waals surface area contributed by atoms with Crippen LogP contribution in [0.15, 0.2) is 54.9 Å². The molecule has 25 heavy (non-hydrogen) atoms. The van der Waals surface area contributed by atoms with Gasteiger partial charge < -0.3 is 15.4 Å². The number of pyridine rings is 1. The summed E-state index contributed by atoms with van der Waals surface area (Å²) in [6.45, 7) is 0.900. The molecule has 0 spiro atoms. The molecule has 130 valence electrons. The third-order valence-corrected chi connectivity index (χ3v) is 4.41. The van der Waals surface area contributed by atoms with Crippen LogP contribution >= 0.6 is 0 Å². The zero-order valence-corrected chi connectivity index (χ0v) is 13.9. The quantitative estimate of drug-likeness (QED) is 0.867. The normalized spacial score (nSPS) is 18.4. The Morgan fingerprint density at radius 1 is 1.12 bits per heavy atom. The molecule has 1 aromatic heterocycles. The Kier molecular flexibility index (Phi) is 5.28. The van der Waals surface area contributed by atoms with Crippen LogP contribution in [0.2, 0.25) is 0 Å². The largest absolute Gasteiger partial charge is 0.452 e. The topological polar surface area (TPSA) is 85.5 Å². The van der Waals surface area contributed by atoms with E-state index in [0.717, 1.165) is 17.5 Å². The molecule has 2 aromatic rings. The molecule has 2 atom stereocenters. The number of carbonyl (C=O) groups excluding carboxylic acids is 2. The summed E-state index contributed by atoms with van der Waals surface area (Å²) in [6, 6.07) is 12.8. The van der Waals surface area contributed by atoms with Gasteiger partial charge in [-0.05, 0) is 30.5 Å². The molecule has 1 fully saturated rings. The van der Waals surface area contributed by atoms with Crippen LogP contribution < -0.4 is 5.73 Å². The van der Waals surface area contributed by atoms with Gasteiger partial charge in [0, 0.05) is 31.0 Å². The van der Waals surface area contributed by atoms with Gasteiger partial charge >= 0.3 is 12.0 Å². The Morgan fingerprint density at radius 3 is 2.48 bits per heavy atom. The molecule has 1 aromatic carbocycles. The van der Waals surface area contributed by atoms with Gasteiger partial charge in [-0.15, -0.1) is 0 Å². The fourth-order valence-corrected chi connectivity index (χ4v) is 3.08.